The third-order valence-corrected chi connectivity index (χ3v) is 6.82. The monoisotopic (exact) mass is 526 g/mol. The number of likely N-dealkylation sites (tertiary alicyclic amines) is 1. The Hall–Kier alpha value is -4.73. The van der Waals surface area contributed by atoms with E-state index in [2.05, 4.69) is 10.1 Å². The minimum atomic E-state index is -0.624. The molecular formula is C28H30N8O3. The molecule has 1 aliphatic heterocycles. The van der Waals surface area contributed by atoms with Gasteiger partial charge in [-0.15, -0.1) is 0 Å². The predicted octanol–water partition coefficient (Wildman–Crippen LogP) is 2.81. The van der Waals surface area contributed by atoms with E-state index in [9.17, 15) is 9.59 Å². The van der Waals surface area contributed by atoms with Gasteiger partial charge in [0.25, 0.3) is 0 Å². The number of nitrogen functional groups attached to an aromatic ring is 1. The molecule has 2 atom stereocenters. The normalized spacial score (nSPS) is 16.0. The van der Waals surface area contributed by atoms with Crippen molar-refractivity contribution in [2.45, 2.75) is 37.8 Å². The Morgan fingerprint density at radius 2 is 1.85 bits per heavy atom. The lowest BCUT2D eigenvalue weighted by Crippen LogP contribution is -2.42. The minimum absolute atomic E-state index is 0.0771. The maximum absolute atomic E-state index is 11.8. The van der Waals surface area contributed by atoms with Crippen LogP contribution in [0.25, 0.3) is 22.4 Å². The molecule has 1 amide bonds. The molecule has 2 aromatic carbocycles. The molecule has 2 aromatic heterocycles. The highest BCUT2D eigenvalue weighted by Crippen LogP contribution is 2.31. The summed E-state index contributed by atoms with van der Waals surface area (Å²) >= 11 is 0. The maximum Gasteiger partial charge on any atom is 0.217 e. The van der Waals surface area contributed by atoms with E-state index in [1.54, 1.807) is 6.20 Å². The summed E-state index contributed by atoms with van der Waals surface area (Å²) in [5.41, 5.74) is 19.5. The van der Waals surface area contributed by atoms with Crippen molar-refractivity contribution >= 4 is 28.7 Å². The van der Waals surface area contributed by atoms with Gasteiger partial charge in [0.05, 0.1) is 23.7 Å². The van der Waals surface area contributed by atoms with Crippen molar-refractivity contribution in [2.24, 2.45) is 11.5 Å². The molecule has 0 unspecified atom stereocenters. The molecule has 200 valence electrons. The first-order valence-corrected chi connectivity index (χ1v) is 12.8. The van der Waals surface area contributed by atoms with E-state index in [-0.39, 0.29) is 18.9 Å². The Morgan fingerprint density at radius 1 is 1.10 bits per heavy atom. The van der Waals surface area contributed by atoms with Gasteiger partial charge in [-0.3, -0.25) is 4.79 Å². The largest absolute Gasteiger partial charge is 0.457 e. The molecule has 1 saturated heterocycles. The number of hydrogen-bond donors (Lipinski definition) is 3. The number of rotatable bonds is 9. The van der Waals surface area contributed by atoms with Crippen molar-refractivity contribution in [2.75, 3.05) is 18.8 Å². The van der Waals surface area contributed by atoms with Crippen molar-refractivity contribution in [1.29, 1.82) is 0 Å². The number of carbonyl (C=O) groups excluding carboxylic acids is 2. The first kappa shape index (κ1) is 25.9. The molecule has 0 radical (unpaired) electrons. The quantitative estimate of drug-likeness (QED) is 0.278. The maximum atomic E-state index is 11.8. The van der Waals surface area contributed by atoms with Gasteiger partial charge in [0.1, 0.15) is 29.0 Å². The van der Waals surface area contributed by atoms with E-state index < -0.39 is 11.9 Å². The summed E-state index contributed by atoms with van der Waals surface area (Å²) < 4.78 is 7.73. The van der Waals surface area contributed by atoms with Crippen LogP contribution < -0.4 is 21.9 Å². The van der Waals surface area contributed by atoms with Gasteiger partial charge in [-0.1, -0.05) is 18.2 Å². The number of nitrogens with two attached hydrogens (primary N) is 3. The fraction of sp³-hybridized carbons (Fsp3) is 0.286. The Bertz CT molecular complexity index is 1510. The topological polar surface area (TPSA) is 168 Å². The van der Waals surface area contributed by atoms with Gasteiger partial charge >= 0.3 is 0 Å². The zero-order valence-electron chi connectivity index (χ0n) is 21.4. The van der Waals surface area contributed by atoms with Crippen LogP contribution in [0.15, 0.2) is 66.5 Å². The van der Waals surface area contributed by atoms with Crippen LogP contribution in [0, 0.1) is 0 Å². The second kappa shape index (κ2) is 11.3. The van der Waals surface area contributed by atoms with Gasteiger partial charge in [0.2, 0.25) is 5.91 Å². The van der Waals surface area contributed by atoms with E-state index in [0.717, 1.165) is 24.2 Å². The van der Waals surface area contributed by atoms with E-state index in [4.69, 9.17) is 26.9 Å². The number of nitrogens with zero attached hydrogens (tertiary/aromatic N) is 5. The van der Waals surface area contributed by atoms with Gasteiger partial charge in [-0.25, -0.2) is 19.4 Å². The average molecular weight is 527 g/mol. The fourth-order valence-electron chi connectivity index (χ4n) is 4.82. The number of primary amides is 1. The van der Waals surface area contributed by atoms with Gasteiger partial charge < -0.3 is 26.8 Å². The first-order chi connectivity index (χ1) is 18.9. The molecule has 11 nitrogen and oxygen atoms in total. The summed E-state index contributed by atoms with van der Waals surface area (Å²) in [6, 6.07) is 16.3. The van der Waals surface area contributed by atoms with Gasteiger partial charge in [0, 0.05) is 25.1 Å². The van der Waals surface area contributed by atoms with E-state index >= 15 is 0 Å². The molecule has 11 heteroatoms. The van der Waals surface area contributed by atoms with E-state index in [0.29, 0.717) is 47.2 Å². The Kier molecular flexibility index (Phi) is 7.53. The van der Waals surface area contributed by atoms with Crippen molar-refractivity contribution < 1.29 is 14.3 Å². The second-order valence-corrected chi connectivity index (χ2v) is 9.54. The number of fused-ring (bicyclic) bond motifs is 1. The van der Waals surface area contributed by atoms with Crippen molar-refractivity contribution in [1.82, 2.24) is 24.6 Å². The summed E-state index contributed by atoms with van der Waals surface area (Å²) in [5.74, 6) is 3.78. The van der Waals surface area contributed by atoms with Crippen LogP contribution in [-0.2, 0) is 9.59 Å². The van der Waals surface area contributed by atoms with Crippen molar-refractivity contribution in [3.8, 4) is 22.9 Å². The molecule has 6 N–H and O–H groups in total. The minimum Gasteiger partial charge on any atom is -0.457 e. The number of piperidine rings is 1. The lowest BCUT2D eigenvalue weighted by Gasteiger charge is -2.36. The predicted molar refractivity (Wildman–Crippen MR) is 147 cm³/mol. The molecule has 0 saturated carbocycles. The molecule has 39 heavy (non-hydrogen) atoms. The van der Waals surface area contributed by atoms with Crippen LogP contribution in [0.2, 0.25) is 0 Å². The molecule has 0 bridgehead atoms. The molecule has 1 fully saturated rings. The van der Waals surface area contributed by atoms with Crippen molar-refractivity contribution in [3.63, 3.8) is 0 Å². The van der Waals surface area contributed by atoms with Gasteiger partial charge in [0.15, 0.2) is 11.5 Å². The fourth-order valence-corrected chi connectivity index (χ4v) is 4.82. The smallest absolute Gasteiger partial charge is 0.217 e. The number of para-hydroxylation sites is 1. The molecule has 5 rings (SSSR count). The van der Waals surface area contributed by atoms with Crippen LogP contribution in [0.1, 0.15) is 31.7 Å². The molecular weight excluding hydrogens is 496 g/mol. The summed E-state index contributed by atoms with van der Waals surface area (Å²) in [5, 5.41) is 5.24. The summed E-state index contributed by atoms with van der Waals surface area (Å²) in [6.45, 7) is 1.15. The zero-order valence-corrected chi connectivity index (χ0v) is 21.4. The highest BCUT2D eigenvalue weighted by molar-refractivity contribution is 5.87. The highest BCUT2D eigenvalue weighted by atomic mass is 16.5. The van der Waals surface area contributed by atoms with Gasteiger partial charge in [-0.2, -0.15) is 5.10 Å². The van der Waals surface area contributed by atoms with E-state index in [1.807, 2.05) is 70.1 Å². The third-order valence-electron chi connectivity index (χ3n) is 6.82. The number of ether oxygens (including phenoxy) is 1. The molecule has 1 aliphatic rings. The number of aromatic nitrogens is 4. The number of benzene rings is 2. The van der Waals surface area contributed by atoms with Crippen LogP contribution in [0.5, 0.6) is 11.5 Å². The number of hydrogen-bond acceptors (Lipinski definition) is 9. The Balaban J connectivity index is 1.38. The van der Waals surface area contributed by atoms with Crippen LogP contribution in [0.3, 0.4) is 0 Å². The van der Waals surface area contributed by atoms with E-state index in [1.165, 1.54) is 0 Å². The average Bonchev–Trinajstić information content (AvgIpc) is 3.38. The lowest BCUT2D eigenvalue weighted by molar-refractivity contribution is -0.118. The summed E-state index contributed by atoms with van der Waals surface area (Å²) in [7, 11) is 0. The highest BCUT2D eigenvalue weighted by Gasteiger charge is 2.28. The number of anilines is 1. The number of amides is 1. The third kappa shape index (κ3) is 5.74. The van der Waals surface area contributed by atoms with Crippen molar-refractivity contribution in [3.05, 3.63) is 66.5 Å². The molecule has 0 spiro atoms. The summed E-state index contributed by atoms with van der Waals surface area (Å²) in [6.07, 6.45) is 3.70. The SMILES string of the molecule is NC(=O)CC[C@H](N)C(=C=O)N1CCC[C@@H](n2ncc3c(N)nc(-c4ccc(Oc5ccccc5)cc4)nc32)C1. The Morgan fingerprint density at radius 3 is 2.56 bits per heavy atom. The van der Waals surface area contributed by atoms with Crippen LogP contribution in [0.4, 0.5) is 5.82 Å². The molecule has 4 aromatic rings. The zero-order chi connectivity index (χ0) is 27.4. The standard InChI is InChI=1S/C28H30N8O3/c29-23(12-13-25(30)38)24(17-37)35-14-4-5-19(16-35)36-28-22(15-32-36)26(31)33-27(34-28)18-8-10-21(11-9-18)39-20-6-2-1-3-7-20/h1-3,6-11,15,19,23H,4-5,12-14,16,29H2,(H2,30,38)(H2,31,33,34)/t19-,23+/m1/s1. The molecule has 3 heterocycles. The van der Waals surface area contributed by atoms with Crippen LogP contribution in [-0.4, -0.2) is 55.6 Å². The second-order valence-electron chi connectivity index (χ2n) is 9.54. The molecule has 0 aliphatic carbocycles. The lowest BCUT2D eigenvalue weighted by atomic mass is 10.0. The first-order valence-electron chi connectivity index (χ1n) is 12.8. The number of carbonyl (C=O) groups is 1. The van der Waals surface area contributed by atoms with Gasteiger partial charge in [-0.05, 0) is 55.7 Å². The summed E-state index contributed by atoms with van der Waals surface area (Å²) in [4.78, 5) is 34.2. The Labute approximate surface area is 225 Å². The van der Waals surface area contributed by atoms with Crippen LogP contribution >= 0.6 is 0 Å².